The number of nitrogens with zero attached hydrogens (tertiary/aromatic N) is 3. The predicted octanol–water partition coefficient (Wildman–Crippen LogP) is 3.17. The number of oxazole rings is 1. The smallest absolute Gasteiger partial charge is 0.245 e. The lowest BCUT2D eigenvalue weighted by molar-refractivity contribution is 0.587. The van der Waals surface area contributed by atoms with Crippen LogP contribution >= 0.6 is 22.6 Å². The Bertz CT molecular complexity index is 752. The molecule has 2 aromatic rings. The molecule has 0 amide bonds. The van der Waals surface area contributed by atoms with Crippen LogP contribution < -0.4 is 0 Å². The molecule has 94 valence electrons. The fraction of sp³-hybridized carbons (Fsp3) is 0.214. The maximum absolute atomic E-state index is 8.96. The van der Waals surface area contributed by atoms with Crippen molar-refractivity contribution in [3.8, 4) is 6.07 Å². The third-order valence-corrected chi connectivity index (χ3v) is 3.73. The van der Waals surface area contributed by atoms with Crippen molar-refractivity contribution < 1.29 is 4.42 Å². The number of hydrogen-bond acceptors (Lipinski definition) is 4. The predicted molar refractivity (Wildman–Crippen MR) is 81.8 cm³/mol. The van der Waals surface area contributed by atoms with Crippen LogP contribution in [-0.4, -0.2) is 21.2 Å². The fourth-order valence-electron chi connectivity index (χ4n) is 2.01. The largest absolute Gasteiger partial charge is 0.434 e. The molecule has 0 aliphatic carbocycles. The number of benzene rings is 1. The second-order valence-corrected chi connectivity index (χ2v) is 5.97. The lowest BCUT2D eigenvalue weighted by Gasteiger charge is -2.06. The highest BCUT2D eigenvalue weighted by molar-refractivity contribution is 14.1. The number of aliphatic imine (C=N–C) groups is 1. The molecule has 1 aliphatic heterocycles. The van der Waals surface area contributed by atoms with E-state index in [1.165, 1.54) is 0 Å². The van der Waals surface area contributed by atoms with Gasteiger partial charge in [-0.2, -0.15) is 5.26 Å². The molecule has 1 aromatic heterocycles. The molecule has 0 spiro atoms. The SMILES string of the molecule is Cc1cc(C#N)cc2nc(C3=NCC(I)C=C3)oc12. The first kappa shape index (κ1) is 12.4. The molecule has 1 atom stereocenters. The summed E-state index contributed by atoms with van der Waals surface area (Å²) in [5.41, 5.74) is 3.71. The van der Waals surface area contributed by atoms with Gasteiger partial charge in [-0.05, 0) is 30.7 Å². The summed E-state index contributed by atoms with van der Waals surface area (Å²) in [6.45, 7) is 2.66. The van der Waals surface area contributed by atoms with Crippen LogP contribution in [0.25, 0.3) is 11.1 Å². The van der Waals surface area contributed by atoms with E-state index in [0.29, 0.717) is 20.9 Å². The lowest BCUT2D eigenvalue weighted by atomic mass is 10.1. The van der Waals surface area contributed by atoms with Gasteiger partial charge in [0.25, 0.3) is 0 Å². The highest BCUT2D eigenvalue weighted by Gasteiger charge is 2.15. The maximum Gasteiger partial charge on any atom is 0.245 e. The molecule has 0 saturated heterocycles. The summed E-state index contributed by atoms with van der Waals surface area (Å²) in [6.07, 6.45) is 4.02. The summed E-state index contributed by atoms with van der Waals surface area (Å²) in [4.78, 5) is 8.88. The van der Waals surface area contributed by atoms with E-state index >= 15 is 0 Å². The van der Waals surface area contributed by atoms with Gasteiger partial charge in [0.15, 0.2) is 5.58 Å². The van der Waals surface area contributed by atoms with E-state index in [1.807, 2.05) is 13.0 Å². The Hall–Kier alpha value is -1.68. The Morgan fingerprint density at radius 3 is 3.00 bits per heavy atom. The van der Waals surface area contributed by atoms with Crippen molar-refractivity contribution in [3.05, 3.63) is 41.3 Å². The number of nitriles is 1. The van der Waals surface area contributed by atoms with Gasteiger partial charge in [0, 0.05) is 3.92 Å². The molecule has 0 N–H and O–H groups in total. The number of dihydropyridines is 1. The molecule has 3 rings (SSSR count). The minimum absolute atomic E-state index is 0.428. The second kappa shape index (κ2) is 4.78. The number of fused-ring (bicyclic) bond motifs is 1. The molecule has 0 fully saturated rings. The first-order valence-electron chi connectivity index (χ1n) is 5.86. The summed E-state index contributed by atoms with van der Waals surface area (Å²) < 4.78 is 6.20. The van der Waals surface area contributed by atoms with Gasteiger partial charge in [0.1, 0.15) is 11.2 Å². The Morgan fingerprint density at radius 1 is 1.47 bits per heavy atom. The van der Waals surface area contributed by atoms with E-state index in [9.17, 15) is 0 Å². The van der Waals surface area contributed by atoms with Crippen LogP contribution in [0.3, 0.4) is 0 Å². The van der Waals surface area contributed by atoms with Gasteiger partial charge in [-0.3, -0.25) is 4.99 Å². The highest BCUT2D eigenvalue weighted by Crippen LogP contribution is 2.23. The summed E-state index contributed by atoms with van der Waals surface area (Å²) in [5, 5.41) is 8.96. The number of halogens is 1. The fourth-order valence-corrected chi connectivity index (χ4v) is 2.41. The monoisotopic (exact) mass is 363 g/mol. The molecule has 1 unspecified atom stereocenters. The van der Waals surface area contributed by atoms with Crippen molar-refractivity contribution in [1.29, 1.82) is 5.26 Å². The summed E-state index contributed by atoms with van der Waals surface area (Å²) in [5.74, 6) is 0.521. The molecule has 5 heteroatoms. The van der Waals surface area contributed by atoms with E-state index in [2.05, 4.69) is 44.7 Å². The van der Waals surface area contributed by atoms with Gasteiger partial charge in [0.05, 0.1) is 18.2 Å². The Labute approximate surface area is 124 Å². The van der Waals surface area contributed by atoms with Crippen LogP contribution in [0.5, 0.6) is 0 Å². The van der Waals surface area contributed by atoms with E-state index in [-0.39, 0.29) is 0 Å². The number of allylic oxidation sites excluding steroid dienone is 1. The van der Waals surface area contributed by atoms with Crippen molar-refractivity contribution in [3.63, 3.8) is 0 Å². The van der Waals surface area contributed by atoms with Gasteiger partial charge in [-0.25, -0.2) is 4.98 Å². The molecular weight excluding hydrogens is 353 g/mol. The Kier molecular flexibility index (Phi) is 3.11. The average molecular weight is 363 g/mol. The summed E-state index contributed by atoms with van der Waals surface area (Å²) >= 11 is 2.33. The molecule has 1 aliphatic rings. The number of rotatable bonds is 1. The van der Waals surface area contributed by atoms with Crippen molar-refractivity contribution in [2.75, 3.05) is 6.54 Å². The number of hydrogen-bond donors (Lipinski definition) is 0. The van der Waals surface area contributed by atoms with Gasteiger partial charge in [0.2, 0.25) is 5.89 Å². The first-order valence-corrected chi connectivity index (χ1v) is 7.10. The second-order valence-electron chi connectivity index (χ2n) is 4.37. The molecule has 19 heavy (non-hydrogen) atoms. The zero-order chi connectivity index (χ0) is 13.4. The third kappa shape index (κ3) is 2.28. The zero-order valence-electron chi connectivity index (χ0n) is 10.2. The molecule has 0 bridgehead atoms. The van der Waals surface area contributed by atoms with Crippen molar-refractivity contribution in [2.24, 2.45) is 4.99 Å². The van der Waals surface area contributed by atoms with E-state index in [4.69, 9.17) is 9.68 Å². The van der Waals surface area contributed by atoms with Crippen molar-refractivity contribution >= 4 is 39.4 Å². The molecule has 2 heterocycles. The lowest BCUT2D eigenvalue weighted by Crippen LogP contribution is -2.10. The highest BCUT2D eigenvalue weighted by atomic mass is 127. The van der Waals surface area contributed by atoms with Gasteiger partial charge >= 0.3 is 0 Å². The maximum atomic E-state index is 8.96. The van der Waals surface area contributed by atoms with Crippen LogP contribution in [0.1, 0.15) is 17.0 Å². The first-order chi connectivity index (χ1) is 9.17. The molecule has 1 aromatic carbocycles. The van der Waals surface area contributed by atoms with Crippen LogP contribution in [0.2, 0.25) is 0 Å². The summed E-state index contributed by atoms with van der Waals surface area (Å²) in [7, 11) is 0. The number of aryl methyl sites for hydroxylation is 1. The van der Waals surface area contributed by atoms with Gasteiger partial charge in [-0.15, -0.1) is 0 Å². The molecular formula is C14H10IN3O. The normalized spacial score (nSPS) is 18.4. The Balaban J connectivity index is 2.10. The number of alkyl halides is 1. The van der Waals surface area contributed by atoms with Crippen molar-refractivity contribution in [1.82, 2.24) is 4.98 Å². The van der Waals surface area contributed by atoms with Crippen LogP contribution in [0.4, 0.5) is 0 Å². The molecule has 4 nitrogen and oxygen atoms in total. The quantitative estimate of drug-likeness (QED) is 0.578. The zero-order valence-corrected chi connectivity index (χ0v) is 12.4. The third-order valence-electron chi connectivity index (χ3n) is 2.92. The van der Waals surface area contributed by atoms with E-state index in [1.54, 1.807) is 12.1 Å². The van der Waals surface area contributed by atoms with Crippen LogP contribution in [0, 0.1) is 18.3 Å². The minimum Gasteiger partial charge on any atom is -0.434 e. The topological polar surface area (TPSA) is 62.2 Å². The summed E-state index contributed by atoms with van der Waals surface area (Å²) in [6, 6.07) is 5.67. The van der Waals surface area contributed by atoms with Gasteiger partial charge in [-0.1, -0.05) is 28.7 Å². The van der Waals surface area contributed by atoms with Gasteiger partial charge < -0.3 is 4.42 Å². The van der Waals surface area contributed by atoms with Crippen LogP contribution in [0.15, 0.2) is 33.7 Å². The molecule has 0 saturated carbocycles. The van der Waals surface area contributed by atoms with Crippen LogP contribution in [-0.2, 0) is 0 Å². The standard InChI is InChI=1S/C14H10IN3O/c1-8-4-9(6-16)5-12-13(8)19-14(18-12)11-3-2-10(15)7-17-11/h2-5,10H,7H2,1H3. The molecule has 0 radical (unpaired) electrons. The Morgan fingerprint density at radius 2 is 2.32 bits per heavy atom. The van der Waals surface area contributed by atoms with Crippen molar-refractivity contribution in [2.45, 2.75) is 10.8 Å². The van der Waals surface area contributed by atoms with E-state index < -0.39 is 0 Å². The van der Waals surface area contributed by atoms with E-state index in [0.717, 1.165) is 23.4 Å². The average Bonchev–Trinajstić information content (AvgIpc) is 2.84. The minimum atomic E-state index is 0.428. The number of aromatic nitrogens is 1.